The van der Waals surface area contributed by atoms with E-state index in [0.29, 0.717) is 12.0 Å². The van der Waals surface area contributed by atoms with Crippen molar-refractivity contribution in [3.8, 4) is 0 Å². The molecule has 1 unspecified atom stereocenters. The average Bonchev–Trinajstić information content (AvgIpc) is 2.33. The zero-order chi connectivity index (χ0) is 13.4. The quantitative estimate of drug-likeness (QED) is 0.662. The van der Waals surface area contributed by atoms with E-state index >= 15 is 0 Å². The fourth-order valence-corrected chi connectivity index (χ4v) is 1.72. The van der Waals surface area contributed by atoms with Crippen LogP contribution < -0.4 is 16.4 Å². The average molecular weight is 251 g/mol. The SMILES string of the molecule is CCCCC(C)Nc1cc(NCCC)nc(N)n1. The molecule has 4 N–H and O–H groups in total. The number of anilines is 3. The van der Waals surface area contributed by atoms with Gasteiger partial charge in [-0.1, -0.05) is 26.7 Å². The van der Waals surface area contributed by atoms with Gasteiger partial charge < -0.3 is 16.4 Å². The number of hydrogen-bond donors (Lipinski definition) is 3. The zero-order valence-corrected chi connectivity index (χ0v) is 11.7. The number of hydrogen-bond acceptors (Lipinski definition) is 5. The molecular weight excluding hydrogens is 226 g/mol. The second-order valence-electron chi connectivity index (χ2n) is 4.61. The molecule has 0 saturated carbocycles. The van der Waals surface area contributed by atoms with Crippen LogP contribution in [0.4, 0.5) is 17.6 Å². The molecule has 1 atom stereocenters. The van der Waals surface area contributed by atoms with E-state index in [-0.39, 0.29) is 0 Å². The van der Waals surface area contributed by atoms with Gasteiger partial charge in [-0.05, 0) is 19.8 Å². The van der Waals surface area contributed by atoms with Crippen LogP contribution in [-0.2, 0) is 0 Å². The Morgan fingerprint density at radius 2 is 1.94 bits per heavy atom. The molecule has 1 aromatic rings. The van der Waals surface area contributed by atoms with Crippen LogP contribution in [0.3, 0.4) is 0 Å². The molecule has 102 valence electrons. The number of nitrogen functional groups attached to an aromatic ring is 1. The van der Waals surface area contributed by atoms with E-state index in [1.165, 1.54) is 12.8 Å². The summed E-state index contributed by atoms with van der Waals surface area (Å²) in [6.45, 7) is 7.36. The van der Waals surface area contributed by atoms with Crippen molar-refractivity contribution >= 4 is 17.6 Å². The summed E-state index contributed by atoms with van der Waals surface area (Å²) < 4.78 is 0. The van der Waals surface area contributed by atoms with Gasteiger partial charge in [0, 0.05) is 18.7 Å². The fourth-order valence-electron chi connectivity index (χ4n) is 1.72. The summed E-state index contributed by atoms with van der Waals surface area (Å²) in [5, 5.41) is 6.58. The number of nitrogens with one attached hydrogen (secondary N) is 2. The lowest BCUT2D eigenvalue weighted by atomic mass is 10.1. The van der Waals surface area contributed by atoms with Crippen LogP contribution in [0.1, 0.15) is 46.5 Å². The topological polar surface area (TPSA) is 75.9 Å². The van der Waals surface area contributed by atoms with E-state index in [2.05, 4.69) is 41.4 Å². The van der Waals surface area contributed by atoms with Crippen molar-refractivity contribution in [1.82, 2.24) is 9.97 Å². The molecule has 1 aromatic heterocycles. The maximum Gasteiger partial charge on any atom is 0.223 e. The molecule has 0 amide bonds. The first-order valence-corrected chi connectivity index (χ1v) is 6.80. The number of rotatable bonds is 8. The normalized spacial score (nSPS) is 12.2. The predicted octanol–water partition coefficient (Wildman–Crippen LogP) is 2.87. The van der Waals surface area contributed by atoms with Crippen molar-refractivity contribution in [2.45, 2.75) is 52.5 Å². The minimum absolute atomic E-state index is 0.307. The molecule has 0 saturated heterocycles. The number of aromatic nitrogens is 2. The van der Waals surface area contributed by atoms with E-state index in [0.717, 1.165) is 31.0 Å². The third-order valence-corrected chi connectivity index (χ3v) is 2.68. The van der Waals surface area contributed by atoms with Crippen molar-refractivity contribution in [2.24, 2.45) is 0 Å². The van der Waals surface area contributed by atoms with Crippen LogP contribution in [0.5, 0.6) is 0 Å². The van der Waals surface area contributed by atoms with Gasteiger partial charge in [-0.25, -0.2) is 0 Å². The molecule has 0 fully saturated rings. The summed E-state index contributed by atoms with van der Waals surface area (Å²) in [4.78, 5) is 8.36. The lowest BCUT2D eigenvalue weighted by Gasteiger charge is -2.15. The summed E-state index contributed by atoms with van der Waals surface area (Å²) in [6, 6.07) is 2.31. The van der Waals surface area contributed by atoms with Crippen LogP contribution in [0.2, 0.25) is 0 Å². The Kier molecular flexibility index (Phi) is 6.25. The van der Waals surface area contributed by atoms with Crippen molar-refractivity contribution in [3.05, 3.63) is 6.07 Å². The van der Waals surface area contributed by atoms with E-state index in [4.69, 9.17) is 5.73 Å². The lowest BCUT2D eigenvalue weighted by Crippen LogP contribution is -2.17. The van der Waals surface area contributed by atoms with Crippen molar-refractivity contribution in [2.75, 3.05) is 22.9 Å². The predicted molar refractivity (Wildman–Crippen MR) is 77.8 cm³/mol. The lowest BCUT2D eigenvalue weighted by molar-refractivity contribution is 0.643. The number of unbranched alkanes of at least 4 members (excludes halogenated alkanes) is 1. The smallest absolute Gasteiger partial charge is 0.223 e. The van der Waals surface area contributed by atoms with Crippen molar-refractivity contribution in [1.29, 1.82) is 0 Å². The Morgan fingerprint density at radius 1 is 1.22 bits per heavy atom. The van der Waals surface area contributed by atoms with E-state index in [1.54, 1.807) is 0 Å². The summed E-state index contributed by atoms with van der Waals surface area (Å²) in [7, 11) is 0. The van der Waals surface area contributed by atoms with Crippen LogP contribution in [0.15, 0.2) is 6.07 Å². The van der Waals surface area contributed by atoms with Crippen molar-refractivity contribution in [3.63, 3.8) is 0 Å². The van der Waals surface area contributed by atoms with E-state index < -0.39 is 0 Å². The van der Waals surface area contributed by atoms with Gasteiger partial charge >= 0.3 is 0 Å². The minimum atomic E-state index is 0.307. The highest BCUT2D eigenvalue weighted by molar-refractivity contribution is 5.51. The van der Waals surface area contributed by atoms with Gasteiger partial charge in [-0.15, -0.1) is 0 Å². The van der Waals surface area contributed by atoms with Gasteiger partial charge in [0.1, 0.15) is 11.6 Å². The molecule has 1 heterocycles. The van der Waals surface area contributed by atoms with Gasteiger partial charge in [-0.3, -0.25) is 0 Å². The third kappa shape index (κ3) is 5.21. The van der Waals surface area contributed by atoms with Gasteiger partial charge in [0.2, 0.25) is 5.95 Å². The van der Waals surface area contributed by atoms with Gasteiger partial charge in [-0.2, -0.15) is 9.97 Å². The fraction of sp³-hybridized carbons (Fsp3) is 0.692. The summed E-state index contributed by atoms with van der Waals surface area (Å²) in [5.41, 5.74) is 5.70. The molecule has 0 bridgehead atoms. The molecule has 0 aliphatic carbocycles. The Morgan fingerprint density at radius 3 is 2.61 bits per heavy atom. The van der Waals surface area contributed by atoms with Crippen LogP contribution >= 0.6 is 0 Å². The first kappa shape index (κ1) is 14.5. The minimum Gasteiger partial charge on any atom is -0.370 e. The maximum absolute atomic E-state index is 5.70. The Bertz CT molecular complexity index is 353. The largest absolute Gasteiger partial charge is 0.370 e. The van der Waals surface area contributed by atoms with Crippen LogP contribution in [0, 0.1) is 0 Å². The standard InChI is InChI=1S/C13H25N5/c1-4-6-7-10(3)16-12-9-11(15-8-5-2)17-13(14)18-12/h9-10H,4-8H2,1-3H3,(H4,14,15,16,17,18). The van der Waals surface area contributed by atoms with Crippen LogP contribution in [0.25, 0.3) is 0 Å². The molecule has 0 spiro atoms. The van der Waals surface area contributed by atoms with E-state index in [1.807, 2.05) is 6.07 Å². The second kappa shape index (κ2) is 7.74. The summed E-state index contributed by atoms with van der Waals surface area (Å²) >= 11 is 0. The summed E-state index contributed by atoms with van der Waals surface area (Å²) in [6.07, 6.45) is 4.62. The summed E-state index contributed by atoms with van der Waals surface area (Å²) in [5.74, 6) is 1.89. The number of nitrogens with zero attached hydrogens (tertiary/aromatic N) is 2. The first-order valence-electron chi connectivity index (χ1n) is 6.80. The van der Waals surface area contributed by atoms with Gasteiger partial charge in [0.25, 0.3) is 0 Å². The Balaban J connectivity index is 2.61. The van der Waals surface area contributed by atoms with Gasteiger partial charge in [0.15, 0.2) is 0 Å². The molecular formula is C13H25N5. The highest BCUT2D eigenvalue weighted by Gasteiger charge is 2.05. The maximum atomic E-state index is 5.70. The van der Waals surface area contributed by atoms with Gasteiger partial charge in [0.05, 0.1) is 0 Å². The Hall–Kier alpha value is -1.52. The molecule has 0 aliphatic heterocycles. The second-order valence-corrected chi connectivity index (χ2v) is 4.61. The molecule has 5 nitrogen and oxygen atoms in total. The van der Waals surface area contributed by atoms with Crippen molar-refractivity contribution < 1.29 is 0 Å². The molecule has 5 heteroatoms. The highest BCUT2D eigenvalue weighted by Crippen LogP contribution is 2.14. The zero-order valence-electron chi connectivity index (χ0n) is 11.7. The van der Waals surface area contributed by atoms with Crippen LogP contribution in [-0.4, -0.2) is 22.6 Å². The molecule has 0 radical (unpaired) electrons. The first-order chi connectivity index (χ1) is 8.65. The Labute approximate surface area is 110 Å². The molecule has 1 rings (SSSR count). The monoisotopic (exact) mass is 251 g/mol. The molecule has 18 heavy (non-hydrogen) atoms. The molecule has 0 aromatic carbocycles. The molecule has 0 aliphatic rings. The third-order valence-electron chi connectivity index (χ3n) is 2.68. The number of nitrogens with two attached hydrogens (primary N) is 1. The van der Waals surface area contributed by atoms with E-state index in [9.17, 15) is 0 Å². The highest BCUT2D eigenvalue weighted by atomic mass is 15.1.